The van der Waals surface area contributed by atoms with Gasteiger partial charge in [-0.05, 0) is 62.1 Å². The maximum Gasteiger partial charge on any atom is 0.434 e. The number of nitrogens with one attached hydrogen (secondary N) is 1. The van der Waals surface area contributed by atoms with Crippen LogP contribution in [0.4, 0.5) is 18.9 Å². The number of alkyl halides is 3. The fourth-order valence-electron chi connectivity index (χ4n) is 4.34. The zero-order valence-corrected chi connectivity index (χ0v) is 18.4. The second-order valence-electron chi connectivity index (χ2n) is 8.32. The van der Waals surface area contributed by atoms with Gasteiger partial charge in [0, 0.05) is 29.7 Å². The minimum absolute atomic E-state index is 0.265. The number of anilines is 1. The van der Waals surface area contributed by atoms with E-state index in [1.54, 1.807) is 49.4 Å². The van der Waals surface area contributed by atoms with Crippen molar-refractivity contribution in [3.63, 3.8) is 0 Å². The number of benzene rings is 2. The number of aryl methyl sites for hydroxylation is 2. The number of aromatic nitrogens is 4. The molecule has 0 saturated carbocycles. The number of hydrogen-bond acceptors (Lipinski definition) is 3. The van der Waals surface area contributed by atoms with E-state index in [1.165, 1.54) is 11.8 Å². The van der Waals surface area contributed by atoms with Gasteiger partial charge in [0.15, 0.2) is 5.69 Å². The Bertz CT molecular complexity index is 1350. The van der Waals surface area contributed by atoms with Gasteiger partial charge in [0.1, 0.15) is 5.82 Å². The zero-order valence-electron chi connectivity index (χ0n) is 18.4. The van der Waals surface area contributed by atoms with Gasteiger partial charge in [0.2, 0.25) is 0 Å². The van der Waals surface area contributed by atoms with E-state index in [1.807, 2.05) is 6.20 Å². The lowest BCUT2D eigenvalue weighted by molar-refractivity contribution is -0.143. The Morgan fingerprint density at radius 3 is 2.53 bits per heavy atom. The van der Waals surface area contributed by atoms with E-state index in [0.29, 0.717) is 11.3 Å². The van der Waals surface area contributed by atoms with E-state index in [9.17, 15) is 18.0 Å². The Balaban J connectivity index is 1.42. The van der Waals surface area contributed by atoms with Crippen LogP contribution in [0.5, 0.6) is 0 Å². The number of halogens is 3. The summed E-state index contributed by atoms with van der Waals surface area (Å²) in [4.78, 5) is 17.4. The highest BCUT2D eigenvalue weighted by Gasteiger charge is 2.40. The average Bonchev–Trinajstić information content (AvgIpc) is 3.45. The minimum atomic E-state index is -4.77. The molecule has 174 valence electrons. The molecule has 9 heteroatoms. The Kier molecular flexibility index (Phi) is 5.47. The second kappa shape index (κ2) is 8.48. The molecule has 0 radical (unpaired) electrons. The van der Waals surface area contributed by atoms with Crippen LogP contribution in [0.25, 0.3) is 17.1 Å². The van der Waals surface area contributed by atoms with Crippen LogP contribution in [0.3, 0.4) is 0 Å². The summed E-state index contributed by atoms with van der Waals surface area (Å²) in [5, 5.41) is 6.46. The van der Waals surface area contributed by atoms with Crippen LogP contribution in [0.15, 0.2) is 60.9 Å². The molecule has 4 aromatic rings. The number of amides is 1. The Hall–Kier alpha value is -3.88. The van der Waals surface area contributed by atoms with Crippen LogP contribution < -0.4 is 5.32 Å². The highest BCUT2D eigenvalue weighted by molar-refractivity contribution is 6.05. The number of imidazole rings is 1. The lowest BCUT2D eigenvalue weighted by atomic mass is 10.1. The largest absolute Gasteiger partial charge is 0.434 e. The maximum absolute atomic E-state index is 14.0. The predicted octanol–water partition coefficient (Wildman–Crippen LogP) is 5.65. The molecule has 0 atom stereocenters. The van der Waals surface area contributed by atoms with Crippen molar-refractivity contribution < 1.29 is 18.0 Å². The van der Waals surface area contributed by atoms with Crippen molar-refractivity contribution in [3.05, 3.63) is 83.4 Å². The molecule has 1 amide bonds. The van der Waals surface area contributed by atoms with Crippen molar-refractivity contribution in [1.82, 2.24) is 19.3 Å². The number of rotatable bonds is 4. The molecule has 0 spiro atoms. The van der Waals surface area contributed by atoms with Crippen LogP contribution in [0.2, 0.25) is 0 Å². The summed E-state index contributed by atoms with van der Waals surface area (Å²) < 4.78 is 44.8. The van der Waals surface area contributed by atoms with Gasteiger partial charge in [-0.25, -0.2) is 9.67 Å². The SMILES string of the molecule is Cc1ccccc1-n1ncc(C(=O)Nc2ccc(-c3ncc4n3CCCC4)cc2)c1C(F)(F)F. The average molecular weight is 465 g/mol. The third-order valence-corrected chi connectivity index (χ3v) is 6.03. The molecule has 1 aliphatic rings. The summed E-state index contributed by atoms with van der Waals surface area (Å²) in [6.07, 6.45) is 1.32. The van der Waals surface area contributed by atoms with E-state index in [-0.39, 0.29) is 5.69 Å². The molecule has 6 nitrogen and oxygen atoms in total. The lowest BCUT2D eigenvalue weighted by Gasteiger charge is -2.16. The smallest absolute Gasteiger partial charge is 0.328 e. The summed E-state index contributed by atoms with van der Waals surface area (Å²) in [6, 6.07) is 13.5. The molecule has 2 aromatic heterocycles. The third kappa shape index (κ3) is 3.98. The highest BCUT2D eigenvalue weighted by Crippen LogP contribution is 2.35. The molecule has 0 fully saturated rings. The summed E-state index contributed by atoms with van der Waals surface area (Å²) in [6.45, 7) is 2.60. The Labute approximate surface area is 194 Å². The standard InChI is InChI=1S/C25H22F3N5O/c1-16-6-2-3-8-21(16)33-22(25(26,27)28)20(15-30-33)24(34)31-18-11-9-17(10-12-18)23-29-14-19-7-4-5-13-32(19)23/h2-3,6,8-12,14-15H,4-5,7,13H2,1H3,(H,31,34). The van der Waals surface area contributed by atoms with Gasteiger partial charge in [-0.1, -0.05) is 18.2 Å². The number of carbonyl (C=O) groups excluding carboxylic acids is 1. The molecular formula is C25H22F3N5O. The van der Waals surface area contributed by atoms with Gasteiger partial charge in [-0.3, -0.25) is 4.79 Å². The van der Waals surface area contributed by atoms with Crippen molar-refractivity contribution in [2.45, 2.75) is 38.9 Å². The Morgan fingerprint density at radius 2 is 1.79 bits per heavy atom. The van der Waals surface area contributed by atoms with Crippen molar-refractivity contribution in [3.8, 4) is 17.1 Å². The van der Waals surface area contributed by atoms with E-state index < -0.39 is 23.3 Å². The molecule has 2 aromatic carbocycles. The van der Waals surface area contributed by atoms with Crippen molar-refractivity contribution in [2.24, 2.45) is 0 Å². The highest BCUT2D eigenvalue weighted by atomic mass is 19.4. The first-order valence-electron chi connectivity index (χ1n) is 11.0. The van der Waals surface area contributed by atoms with E-state index >= 15 is 0 Å². The minimum Gasteiger partial charge on any atom is -0.328 e. The number of hydrogen-bond donors (Lipinski definition) is 1. The lowest BCUT2D eigenvalue weighted by Crippen LogP contribution is -2.21. The van der Waals surface area contributed by atoms with Gasteiger partial charge in [0.25, 0.3) is 5.91 Å². The van der Waals surface area contributed by atoms with E-state index in [0.717, 1.165) is 48.1 Å². The van der Waals surface area contributed by atoms with Crippen molar-refractivity contribution in [1.29, 1.82) is 0 Å². The molecule has 0 unspecified atom stereocenters. The summed E-state index contributed by atoms with van der Waals surface area (Å²) >= 11 is 0. The molecular weight excluding hydrogens is 443 g/mol. The second-order valence-corrected chi connectivity index (χ2v) is 8.32. The van der Waals surface area contributed by atoms with Gasteiger partial charge in [-0.2, -0.15) is 18.3 Å². The van der Waals surface area contributed by atoms with Crippen molar-refractivity contribution >= 4 is 11.6 Å². The van der Waals surface area contributed by atoms with Gasteiger partial charge < -0.3 is 9.88 Å². The normalized spacial score (nSPS) is 13.5. The zero-order chi connectivity index (χ0) is 23.9. The van der Waals surface area contributed by atoms with Gasteiger partial charge in [-0.15, -0.1) is 0 Å². The molecule has 5 rings (SSSR count). The summed E-state index contributed by atoms with van der Waals surface area (Å²) in [5.74, 6) is -0.0236. The van der Waals surface area contributed by atoms with Crippen LogP contribution in [-0.2, 0) is 19.1 Å². The summed E-state index contributed by atoms with van der Waals surface area (Å²) in [7, 11) is 0. The molecule has 1 aliphatic heterocycles. The quantitative estimate of drug-likeness (QED) is 0.424. The van der Waals surface area contributed by atoms with Crippen LogP contribution >= 0.6 is 0 Å². The first kappa shape index (κ1) is 21.9. The molecule has 0 bridgehead atoms. The maximum atomic E-state index is 14.0. The Morgan fingerprint density at radius 1 is 1.03 bits per heavy atom. The number of nitrogens with zero attached hydrogens (tertiary/aromatic N) is 4. The topological polar surface area (TPSA) is 64.7 Å². The molecule has 0 aliphatic carbocycles. The molecule has 3 heterocycles. The van der Waals surface area contributed by atoms with Crippen molar-refractivity contribution in [2.75, 3.05) is 5.32 Å². The predicted molar refractivity (Wildman–Crippen MR) is 122 cm³/mol. The fourth-order valence-corrected chi connectivity index (χ4v) is 4.34. The third-order valence-electron chi connectivity index (χ3n) is 6.03. The van der Waals surface area contributed by atoms with E-state index in [4.69, 9.17) is 0 Å². The van der Waals surface area contributed by atoms with Gasteiger partial charge >= 0.3 is 6.18 Å². The van der Waals surface area contributed by atoms with Crippen LogP contribution in [0.1, 0.15) is 40.2 Å². The number of carbonyl (C=O) groups is 1. The molecule has 34 heavy (non-hydrogen) atoms. The van der Waals surface area contributed by atoms with Crippen LogP contribution in [0, 0.1) is 6.92 Å². The number of para-hydroxylation sites is 1. The first-order chi connectivity index (χ1) is 16.3. The monoisotopic (exact) mass is 465 g/mol. The van der Waals surface area contributed by atoms with Gasteiger partial charge in [0.05, 0.1) is 17.4 Å². The first-order valence-corrected chi connectivity index (χ1v) is 11.0. The van der Waals surface area contributed by atoms with Crippen LogP contribution in [-0.4, -0.2) is 25.2 Å². The summed E-state index contributed by atoms with van der Waals surface area (Å²) in [5.41, 5.74) is 1.69. The number of fused-ring (bicyclic) bond motifs is 1. The molecule has 1 N–H and O–H groups in total. The van der Waals surface area contributed by atoms with E-state index in [2.05, 4.69) is 20.0 Å². The fraction of sp³-hybridized carbons (Fsp3) is 0.240. The molecule has 0 saturated heterocycles.